The lowest BCUT2D eigenvalue weighted by atomic mass is 10.0. The zero-order valence-electron chi connectivity index (χ0n) is 29.8. The lowest BCUT2D eigenvalue weighted by Crippen LogP contribution is -2.56. The largest absolute Gasteiger partial charge is 0.493 e. The van der Waals surface area contributed by atoms with Gasteiger partial charge >= 0.3 is 11.9 Å². The highest BCUT2D eigenvalue weighted by molar-refractivity contribution is 6.06. The molecule has 6 rings (SSSR count). The predicted octanol–water partition coefficient (Wildman–Crippen LogP) is 5.05. The van der Waals surface area contributed by atoms with Crippen LogP contribution in [0.3, 0.4) is 0 Å². The first-order valence-electron chi connectivity index (χ1n) is 17.0. The summed E-state index contributed by atoms with van der Waals surface area (Å²) in [5.74, 6) is -2.53. The molecule has 3 aliphatic rings. The molecule has 3 amide bonds. The van der Waals surface area contributed by atoms with Gasteiger partial charge in [-0.2, -0.15) is 4.98 Å². The van der Waals surface area contributed by atoms with Gasteiger partial charge in [-0.3, -0.25) is 14.6 Å². The fourth-order valence-electron chi connectivity index (χ4n) is 6.71. The van der Waals surface area contributed by atoms with Crippen molar-refractivity contribution in [1.29, 1.82) is 0 Å². The number of nitrogens with zero attached hydrogens (tertiary/aromatic N) is 8. The van der Waals surface area contributed by atoms with Gasteiger partial charge in [0, 0.05) is 55.1 Å². The lowest BCUT2D eigenvalue weighted by Gasteiger charge is -2.43. The van der Waals surface area contributed by atoms with Crippen molar-refractivity contribution in [1.82, 2.24) is 14.9 Å². The molecule has 2 aromatic carbocycles. The van der Waals surface area contributed by atoms with Gasteiger partial charge in [-0.15, -0.1) is 0 Å². The summed E-state index contributed by atoms with van der Waals surface area (Å²) >= 11 is 0. The number of fused-ring (bicyclic) bond motifs is 1. The number of carbonyl (C=O) groups is 2. The molecular formula is C36H40F2N9O6+. The highest BCUT2D eigenvalue weighted by atomic mass is 19.1. The molecule has 3 aromatic rings. The number of nitro groups is 1. The first kappa shape index (κ1) is 36.8. The molecule has 15 nitrogen and oxygen atoms in total. The number of hydrogen-bond donors (Lipinski definition) is 1. The SMILES string of the molecule is COc1cc(OC)c(F)c(N2Cc3cnc(Nc4ccccc4)nc3N(C3CCN(C(=O)/C=C/C[N+](C)(C)CC4=C([N+](=O)[O-])N=CC4)CC3)C2=O)c1F. The molecular weight excluding hydrogens is 692 g/mol. The van der Waals surface area contributed by atoms with E-state index in [4.69, 9.17) is 14.5 Å². The molecule has 3 aliphatic heterocycles. The number of halogens is 2. The van der Waals surface area contributed by atoms with E-state index in [1.165, 1.54) is 37.6 Å². The maximum atomic E-state index is 15.8. The minimum Gasteiger partial charge on any atom is -0.493 e. The van der Waals surface area contributed by atoms with Gasteiger partial charge in [0.25, 0.3) is 0 Å². The van der Waals surface area contributed by atoms with E-state index in [0.717, 1.165) is 16.7 Å². The van der Waals surface area contributed by atoms with E-state index in [0.29, 0.717) is 66.9 Å². The summed E-state index contributed by atoms with van der Waals surface area (Å²) in [6.07, 6.45) is 7.43. The number of anilines is 4. The van der Waals surface area contributed by atoms with Gasteiger partial charge in [-0.05, 0) is 36.0 Å². The zero-order chi connectivity index (χ0) is 37.9. The monoisotopic (exact) mass is 732 g/mol. The maximum Gasteiger partial charge on any atom is 0.368 e. The predicted molar refractivity (Wildman–Crippen MR) is 193 cm³/mol. The normalized spacial score (nSPS) is 16.4. The molecule has 1 aromatic heterocycles. The van der Waals surface area contributed by atoms with Crippen molar-refractivity contribution in [3.8, 4) is 11.5 Å². The number of amides is 3. The highest BCUT2D eigenvalue weighted by Crippen LogP contribution is 2.42. The van der Waals surface area contributed by atoms with Crippen LogP contribution in [0.4, 0.5) is 36.7 Å². The number of rotatable bonds is 12. The number of carbonyl (C=O) groups excluding carboxylic acids is 2. The molecule has 1 fully saturated rings. The fraction of sp³-hybridized carbons (Fsp3) is 0.361. The van der Waals surface area contributed by atoms with Crippen LogP contribution in [0.25, 0.3) is 0 Å². The minimum absolute atomic E-state index is 0.120. The van der Waals surface area contributed by atoms with Crippen LogP contribution in [-0.4, -0.2) is 103 Å². The third-order valence-electron chi connectivity index (χ3n) is 9.35. The Balaban J connectivity index is 1.22. The average molecular weight is 733 g/mol. The molecule has 0 spiro atoms. The number of ether oxygens (including phenoxy) is 2. The van der Waals surface area contributed by atoms with E-state index in [1.807, 2.05) is 44.4 Å². The molecule has 1 saturated heterocycles. The number of nitrogens with one attached hydrogen (secondary N) is 1. The number of aromatic nitrogens is 2. The summed E-state index contributed by atoms with van der Waals surface area (Å²) in [4.78, 5) is 55.6. The smallest absolute Gasteiger partial charge is 0.368 e. The Morgan fingerprint density at radius 1 is 1.11 bits per heavy atom. The maximum absolute atomic E-state index is 15.8. The summed E-state index contributed by atoms with van der Waals surface area (Å²) in [5, 5.41) is 14.4. The number of aliphatic imine (C=N–C) groups is 1. The molecule has 0 radical (unpaired) electrons. The van der Waals surface area contributed by atoms with Crippen LogP contribution in [0.2, 0.25) is 0 Å². The van der Waals surface area contributed by atoms with Crippen LogP contribution >= 0.6 is 0 Å². The van der Waals surface area contributed by atoms with E-state index in [-0.39, 0.29) is 35.7 Å². The van der Waals surface area contributed by atoms with Crippen molar-refractivity contribution in [3.05, 3.63) is 93.5 Å². The van der Waals surface area contributed by atoms with Gasteiger partial charge in [-0.25, -0.2) is 18.6 Å². The number of para-hydroxylation sites is 1. The topological polar surface area (TPSA) is 156 Å². The lowest BCUT2D eigenvalue weighted by molar-refractivity contribution is -0.880. The Kier molecular flexibility index (Phi) is 10.6. The molecule has 0 aliphatic carbocycles. The molecule has 0 bridgehead atoms. The molecule has 0 unspecified atom stereocenters. The van der Waals surface area contributed by atoms with Gasteiger partial charge in [0.05, 0.1) is 47.0 Å². The Labute approximate surface area is 304 Å². The Morgan fingerprint density at radius 2 is 1.79 bits per heavy atom. The molecule has 53 heavy (non-hydrogen) atoms. The molecule has 0 atom stereocenters. The minimum atomic E-state index is -1.06. The van der Waals surface area contributed by atoms with Crippen LogP contribution in [0.5, 0.6) is 11.5 Å². The molecule has 278 valence electrons. The highest BCUT2D eigenvalue weighted by Gasteiger charge is 2.42. The molecule has 17 heteroatoms. The van der Waals surface area contributed by atoms with Crippen LogP contribution in [0, 0.1) is 21.7 Å². The second-order valence-corrected chi connectivity index (χ2v) is 13.5. The van der Waals surface area contributed by atoms with Gasteiger partial charge in [0.1, 0.15) is 24.3 Å². The Bertz CT molecular complexity index is 1970. The Morgan fingerprint density at radius 3 is 2.43 bits per heavy atom. The standard InChI is InChI=1S/C36H40F2N9O6/c1-47(2,22-23-12-15-39-33(23)46(50)51)18-8-11-29(48)43-16-13-26(14-17-43)45-34-24(20-40-35(42-34)41-25-9-6-5-7-10-25)21-44(36(45)49)32-30(37)27(52-3)19-28(53-4)31(32)38/h5-11,15,19-20,26H,12-14,16-18,21-22H2,1-4H3,(H,40,41,42)/q+1/b11-8+. The summed E-state index contributed by atoms with van der Waals surface area (Å²) in [5.41, 5.74) is 1.19. The molecule has 4 heterocycles. The molecule has 0 saturated carbocycles. The summed E-state index contributed by atoms with van der Waals surface area (Å²) < 4.78 is 42.2. The van der Waals surface area contributed by atoms with Crippen molar-refractivity contribution < 1.29 is 37.2 Å². The number of quaternary nitrogens is 1. The van der Waals surface area contributed by atoms with Gasteiger partial charge in [-0.1, -0.05) is 23.2 Å². The summed E-state index contributed by atoms with van der Waals surface area (Å²) in [6.45, 7) is 1.24. The third-order valence-corrected chi connectivity index (χ3v) is 9.35. The summed E-state index contributed by atoms with van der Waals surface area (Å²) in [7, 11) is 6.31. The fourth-order valence-corrected chi connectivity index (χ4v) is 6.71. The third kappa shape index (κ3) is 7.79. The van der Waals surface area contributed by atoms with E-state index >= 15 is 8.78 Å². The van der Waals surface area contributed by atoms with Crippen molar-refractivity contribution >= 4 is 41.3 Å². The quantitative estimate of drug-likeness (QED) is 0.117. The van der Waals surface area contributed by atoms with Crippen molar-refractivity contribution in [2.45, 2.75) is 31.8 Å². The second-order valence-electron chi connectivity index (χ2n) is 13.5. The zero-order valence-corrected chi connectivity index (χ0v) is 29.8. The number of likely N-dealkylation sites (N-methyl/N-ethyl adjacent to an activating group) is 1. The van der Waals surface area contributed by atoms with Gasteiger partial charge in [0.2, 0.25) is 11.9 Å². The first-order chi connectivity index (χ1) is 25.4. The average Bonchev–Trinajstić information content (AvgIpc) is 3.60. The number of likely N-dealkylation sites (tertiary alicyclic amines) is 1. The van der Waals surface area contributed by atoms with Crippen molar-refractivity contribution in [2.75, 3.05) is 69.6 Å². The van der Waals surface area contributed by atoms with E-state index in [1.54, 1.807) is 11.0 Å². The van der Waals surface area contributed by atoms with E-state index < -0.39 is 34.3 Å². The van der Waals surface area contributed by atoms with Crippen molar-refractivity contribution in [2.24, 2.45) is 4.99 Å². The summed E-state index contributed by atoms with van der Waals surface area (Å²) in [6, 6.07) is 9.13. The number of methoxy groups -OCH3 is 2. The van der Waals surface area contributed by atoms with Crippen LogP contribution < -0.4 is 24.6 Å². The van der Waals surface area contributed by atoms with E-state index in [2.05, 4.69) is 15.3 Å². The van der Waals surface area contributed by atoms with Gasteiger partial charge < -0.3 is 34.3 Å². The number of piperidine rings is 1. The first-order valence-corrected chi connectivity index (χ1v) is 17.0. The number of benzene rings is 2. The van der Waals surface area contributed by atoms with Crippen LogP contribution in [-0.2, 0) is 11.3 Å². The number of hydrogen-bond acceptors (Lipinski definition) is 10. The van der Waals surface area contributed by atoms with Crippen molar-refractivity contribution in [3.63, 3.8) is 0 Å². The van der Waals surface area contributed by atoms with Gasteiger partial charge in [0.15, 0.2) is 23.1 Å². The van der Waals surface area contributed by atoms with E-state index in [9.17, 15) is 19.7 Å². The Hall–Kier alpha value is -5.97. The second kappa shape index (κ2) is 15.3. The van der Waals surface area contributed by atoms with Crippen LogP contribution in [0.1, 0.15) is 24.8 Å². The van der Waals surface area contributed by atoms with Crippen LogP contribution in [0.15, 0.2) is 71.1 Å². The molecule has 1 N–H and O–H groups in total. The number of urea groups is 1.